The second-order valence-electron chi connectivity index (χ2n) is 6.79. The zero-order valence-corrected chi connectivity index (χ0v) is 12.4. The second-order valence-corrected chi connectivity index (χ2v) is 6.79. The summed E-state index contributed by atoms with van der Waals surface area (Å²) in [6.07, 6.45) is 3.35. The molecule has 0 aliphatic carbocycles. The largest absolute Gasteiger partial charge is 0.270 e. The van der Waals surface area contributed by atoms with E-state index < -0.39 is 0 Å². The minimum absolute atomic E-state index is 0.324. The number of rotatable bonds is 7. The Morgan fingerprint density at radius 1 is 1.12 bits per heavy atom. The molecule has 0 saturated heterocycles. The lowest BCUT2D eigenvalue weighted by atomic mass is 9.68. The normalized spacial score (nSPS) is 15.4. The van der Waals surface area contributed by atoms with Crippen LogP contribution in [-0.4, -0.2) is 11.9 Å². The van der Waals surface area contributed by atoms with Gasteiger partial charge in [-0.05, 0) is 29.6 Å². The van der Waals surface area contributed by atoms with E-state index in [0.29, 0.717) is 23.4 Å². The van der Waals surface area contributed by atoms with E-state index >= 15 is 0 Å². The lowest BCUT2D eigenvalue weighted by Crippen LogP contribution is -2.39. The van der Waals surface area contributed by atoms with Gasteiger partial charge in [-0.2, -0.15) is 0 Å². The van der Waals surface area contributed by atoms with Gasteiger partial charge in [0.25, 0.3) is 0 Å². The Morgan fingerprint density at radius 2 is 1.65 bits per heavy atom. The maximum absolute atomic E-state index is 5.24. The van der Waals surface area contributed by atoms with Crippen molar-refractivity contribution in [1.82, 2.24) is 5.28 Å². The molecule has 0 radical (unpaired) electrons. The van der Waals surface area contributed by atoms with Crippen LogP contribution >= 0.6 is 0 Å². The van der Waals surface area contributed by atoms with Crippen LogP contribution in [0.2, 0.25) is 0 Å². The Balaban J connectivity index is 4.42. The first kappa shape index (κ1) is 16.8. The van der Waals surface area contributed by atoms with E-state index in [9.17, 15) is 0 Å². The van der Waals surface area contributed by atoms with Crippen LogP contribution in [0.1, 0.15) is 60.8 Å². The predicted octanol–water partition coefficient (Wildman–Crippen LogP) is 2.85. The predicted molar refractivity (Wildman–Crippen MR) is 72.4 cm³/mol. The number of hydrogen-bond acceptors (Lipinski definition) is 4. The molecule has 4 heteroatoms. The minimum Gasteiger partial charge on any atom is -0.270 e. The quantitative estimate of drug-likeness (QED) is 0.535. The Hall–Kier alpha value is -0.160. The van der Waals surface area contributed by atoms with Crippen molar-refractivity contribution in [2.75, 3.05) is 6.61 Å². The summed E-state index contributed by atoms with van der Waals surface area (Å²) in [4.78, 5) is 5.12. The average Bonchev–Trinajstić information content (AvgIpc) is 2.13. The molecule has 0 aliphatic rings. The van der Waals surface area contributed by atoms with Crippen molar-refractivity contribution in [3.05, 3.63) is 0 Å². The molecule has 0 saturated carbocycles. The van der Waals surface area contributed by atoms with Gasteiger partial charge in [-0.1, -0.05) is 53.2 Å². The van der Waals surface area contributed by atoms with Crippen LogP contribution in [0.25, 0.3) is 0 Å². The summed E-state index contributed by atoms with van der Waals surface area (Å²) in [5.74, 6) is 11.1. The summed E-state index contributed by atoms with van der Waals surface area (Å²) < 4.78 is 0. The molecule has 0 aromatic heterocycles. The average molecular weight is 245 g/mol. The van der Waals surface area contributed by atoms with Gasteiger partial charge < -0.3 is 0 Å². The lowest BCUT2D eigenvalue weighted by molar-refractivity contribution is -0.170. The van der Waals surface area contributed by atoms with Gasteiger partial charge in [-0.3, -0.25) is 4.84 Å². The maximum atomic E-state index is 5.24. The van der Waals surface area contributed by atoms with Crippen LogP contribution in [0, 0.1) is 16.7 Å². The summed E-state index contributed by atoms with van der Waals surface area (Å²) in [5.41, 5.74) is 0.660. The first-order chi connectivity index (χ1) is 7.58. The molecule has 0 bridgehead atoms. The van der Waals surface area contributed by atoms with Crippen molar-refractivity contribution in [2.45, 2.75) is 60.8 Å². The summed E-state index contributed by atoms with van der Waals surface area (Å²) in [7, 11) is 0. The van der Waals surface area contributed by atoms with E-state index in [4.69, 9.17) is 16.5 Å². The zero-order valence-electron chi connectivity index (χ0n) is 12.4. The van der Waals surface area contributed by atoms with Crippen LogP contribution in [0.3, 0.4) is 0 Å². The molecule has 4 N–H and O–H groups in total. The van der Waals surface area contributed by atoms with Crippen LogP contribution < -0.4 is 11.7 Å². The van der Waals surface area contributed by atoms with Crippen molar-refractivity contribution in [3.63, 3.8) is 0 Å². The zero-order chi connectivity index (χ0) is 13.7. The third-order valence-electron chi connectivity index (χ3n) is 3.58. The van der Waals surface area contributed by atoms with Gasteiger partial charge in [-0.15, -0.1) is 0 Å². The summed E-state index contributed by atoms with van der Waals surface area (Å²) >= 11 is 0. The highest BCUT2D eigenvalue weighted by Crippen LogP contribution is 2.40. The van der Waals surface area contributed by atoms with Crippen LogP contribution in [0.15, 0.2) is 0 Å². The fourth-order valence-electron chi connectivity index (χ4n) is 2.10. The van der Waals surface area contributed by atoms with Crippen LogP contribution in [0.5, 0.6) is 0 Å². The SMILES string of the molecule is CCC(C)(C)[C@@H](CCON(N)N)CC(C)(C)C. The van der Waals surface area contributed by atoms with Crippen molar-refractivity contribution >= 4 is 0 Å². The molecule has 0 rings (SSSR count). The van der Waals surface area contributed by atoms with Crippen LogP contribution in [0.4, 0.5) is 0 Å². The van der Waals surface area contributed by atoms with E-state index in [1.165, 1.54) is 12.8 Å². The van der Waals surface area contributed by atoms with Gasteiger partial charge in [0.1, 0.15) is 0 Å². The van der Waals surface area contributed by atoms with Gasteiger partial charge in [0, 0.05) is 0 Å². The fourth-order valence-corrected chi connectivity index (χ4v) is 2.10. The molecule has 0 unspecified atom stereocenters. The molecule has 4 nitrogen and oxygen atoms in total. The van der Waals surface area contributed by atoms with E-state index in [-0.39, 0.29) is 0 Å². The van der Waals surface area contributed by atoms with E-state index in [1.807, 2.05) is 0 Å². The van der Waals surface area contributed by atoms with Crippen molar-refractivity contribution < 1.29 is 4.84 Å². The molecule has 0 fully saturated rings. The molecular formula is C13H31N3O. The maximum Gasteiger partial charge on any atom is 0.0719 e. The molecule has 0 amide bonds. The van der Waals surface area contributed by atoms with Gasteiger partial charge in [0.05, 0.1) is 6.61 Å². The van der Waals surface area contributed by atoms with Crippen molar-refractivity contribution in [1.29, 1.82) is 0 Å². The highest BCUT2D eigenvalue weighted by Gasteiger charge is 2.31. The minimum atomic E-state index is 0.324. The molecular weight excluding hydrogens is 214 g/mol. The van der Waals surface area contributed by atoms with Gasteiger partial charge in [0.2, 0.25) is 0 Å². The smallest absolute Gasteiger partial charge is 0.0719 e. The molecule has 17 heavy (non-hydrogen) atoms. The topological polar surface area (TPSA) is 64.5 Å². The van der Waals surface area contributed by atoms with Gasteiger partial charge in [0.15, 0.2) is 0 Å². The number of nitrogens with two attached hydrogens (primary N) is 2. The summed E-state index contributed by atoms with van der Waals surface area (Å²) in [5, 5.41) is 0.799. The van der Waals surface area contributed by atoms with Crippen molar-refractivity contribution in [3.8, 4) is 0 Å². The Kier molecular flexibility index (Phi) is 6.62. The van der Waals surface area contributed by atoms with E-state index in [1.54, 1.807) is 0 Å². The first-order valence-corrected chi connectivity index (χ1v) is 6.51. The monoisotopic (exact) mass is 245 g/mol. The second kappa shape index (κ2) is 6.69. The molecule has 1 atom stereocenters. The van der Waals surface area contributed by atoms with Crippen molar-refractivity contribution in [2.24, 2.45) is 28.4 Å². The number of hydrogen-bond donors (Lipinski definition) is 2. The number of nitrogens with zero attached hydrogens (tertiary/aromatic N) is 1. The standard InChI is InChI=1S/C13H31N3O/c1-7-13(5,6)11(10-12(2,3)4)8-9-17-16(14)15/h11H,7-10,14-15H2,1-6H3/t11-/m0/s1. The lowest BCUT2D eigenvalue weighted by Gasteiger charge is -2.38. The Morgan fingerprint density at radius 3 is 2.00 bits per heavy atom. The summed E-state index contributed by atoms with van der Waals surface area (Å²) in [6.45, 7) is 14.3. The first-order valence-electron chi connectivity index (χ1n) is 6.51. The molecule has 0 heterocycles. The molecule has 104 valence electrons. The van der Waals surface area contributed by atoms with Crippen LogP contribution in [-0.2, 0) is 4.84 Å². The number of hydrazine groups is 2. The molecule has 0 aromatic rings. The third kappa shape index (κ3) is 7.71. The fraction of sp³-hybridized carbons (Fsp3) is 1.00. The van der Waals surface area contributed by atoms with E-state index in [0.717, 1.165) is 11.7 Å². The highest BCUT2D eigenvalue weighted by atomic mass is 16.7. The van der Waals surface area contributed by atoms with Gasteiger partial charge >= 0.3 is 0 Å². The molecule has 0 aromatic carbocycles. The summed E-state index contributed by atoms with van der Waals surface area (Å²) in [6, 6.07) is 0. The Labute approximate surface area is 107 Å². The molecule has 0 spiro atoms. The third-order valence-corrected chi connectivity index (χ3v) is 3.58. The van der Waals surface area contributed by atoms with Gasteiger partial charge in [-0.25, -0.2) is 11.7 Å². The molecule has 0 aliphatic heterocycles. The Bertz CT molecular complexity index is 209. The highest BCUT2D eigenvalue weighted by molar-refractivity contribution is 4.81. The van der Waals surface area contributed by atoms with E-state index in [2.05, 4.69) is 41.5 Å².